The van der Waals surface area contributed by atoms with Crippen LogP contribution in [-0.2, 0) is 11.8 Å². The summed E-state index contributed by atoms with van der Waals surface area (Å²) in [5.41, 5.74) is 1.22. The maximum absolute atomic E-state index is 12.9. The van der Waals surface area contributed by atoms with Gasteiger partial charge >= 0.3 is 5.69 Å². The molecule has 3 amide bonds. The van der Waals surface area contributed by atoms with E-state index in [1.807, 2.05) is 30.3 Å². The highest BCUT2D eigenvalue weighted by Crippen LogP contribution is 2.28. The SMILES string of the molecule is Cn1nc(C2CCN(C(=O)CN3C(=O)c4ccccc4C3=O)CC2)n(-c2ccccc2)c1=O. The van der Waals surface area contributed by atoms with Gasteiger partial charge < -0.3 is 4.90 Å². The Labute approximate surface area is 189 Å². The molecule has 2 aliphatic heterocycles. The monoisotopic (exact) mass is 445 g/mol. The molecule has 0 atom stereocenters. The number of fused-ring (bicyclic) bond motifs is 1. The normalized spacial score (nSPS) is 16.4. The van der Waals surface area contributed by atoms with Crippen molar-refractivity contribution >= 4 is 17.7 Å². The van der Waals surface area contributed by atoms with Crippen molar-refractivity contribution in [3.05, 3.63) is 82.0 Å². The smallest absolute Gasteiger partial charge is 0.341 e. The van der Waals surface area contributed by atoms with Gasteiger partial charge in [0, 0.05) is 26.1 Å². The third kappa shape index (κ3) is 3.55. The summed E-state index contributed by atoms with van der Waals surface area (Å²) in [6.45, 7) is 0.660. The molecule has 2 aliphatic rings. The van der Waals surface area contributed by atoms with Crippen LogP contribution in [0.25, 0.3) is 5.69 Å². The first-order valence-electron chi connectivity index (χ1n) is 10.9. The summed E-state index contributed by atoms with van der Waals surface area (Å²) in [6.07, 6.45) is 1.27. The van der Waals surface area contributed by atoms with Gasteiger partial charge in [0.05, 0.1) is 16.8 Å². The van der Waals surface area contributed by atoms with Gasteiger partial charge in [0.25, 0.3) is 11.8 Å². The molecule has 168 valence electrons. The molecular formula is C24H23N5O4. The second-order valence-electron chi connectivity index (χ2n) is 8.33. The predicted octanol–water partition coefficient (Wildman–Crippen LogP) is 1.57. The Morgan fingerprint density at radius 3 is 2.09 bits per heavy atom. The number of aryl methyl sites for hydroxylation is 1. The van der Waals surface area contributed by atoms with E-state index >= 15 is 0 Å². The number of amides is 3. The Balaban J connectivity index is 1.28. The number of benzene rings is 2. The van der Waals surface area contributed by atoms with Crippen LogP contribution in [0.15, 0.2) is 59.4 Å². The summed E-state index contributed by atoms with van der Waals surface area (Å²) >= 11 is 0. The van der Waals surface area contributed by atoms with Crippen LogP contribution in [0.3, 0.4) is 0 Å². The van der Waals surface area contributed by atoms with Gasteiger partial charge in [0.15, 0.2) is 0 Å². The number of piperidine rings is 1. The number of para-hydroxylation sites is 1. The molecule has 0 radical (unpaired) electrons. The Bertz CT molecular complexity index is 1270. The van der Waals surface area contributed by atoms with E-state index in [-0.39, 0.29) is 24.1 Å². The minimum absolute atomic E-state index is 0.0162. The van der Waals surface area contributed by atoms with Gasteiger partial charge in [-0.15, -0.1) is 0 Å². The highest BCUT2D eigenvalue weighted by Gasteiger charge is 2.38. The average molecular weight is 445 g/mol. The van der Waals surface area contributed by atoms with E-state index in [2.05, 4.69) is 5.10 Å². The van der Waals surface area contributed by atoms with E-state index < -0.39 is 11.8 Å². The van der Waals surface area contributed by atoms with E-state index in [4.69, 9.17) is 0 Å². The largest absolute Gasteiger partial charge is 0.350 e. The summed E-state index contributed by atoms with van der Waals surface area (Å²) in [5, 5.41) is 4.47. The molecule has 0 N–H and O–H groups in total. The third-order valence-electron chi connectivity index (χ3n) is 6.35. The zero-order chi connectivity index (χ0) is 23.1. The number of likely N-dealkylation sites (tertiary alicyclic amines) is 1. The number of carbonyl (C=O) groups is 3. The fourth-order valence-electron chi connectivity index (χ4n) is 4.57. The van der Waals surface area contributed by atoms with Crippen molar-refractivity contribution in [1.29, 1.82) is 0 Å². The molecule has 33 heavy (non-hydrogen) atoms. The lowest BCUT2D eigenvalue weighted by atomic mass is 9.95. The van der Waals surface area contributed by atoms with Crippen molar-refractivity contribution in [2.24, 2.45) is 7.05 Å². The van der Waals surface area contributed by atoms with Crippen LogP contribution >= 0.6 is 0 Å². The van der Waals surface area contributed by atoms with Crippen LogP contribution in [0.5, 0.6) is 0 Å². The standard InChI is InChI=1S/C24H23N5O4/c1-26-24(33)29(17-7-3-2-4-8-17)21(25-26)16-11-13-27(14-12-16)20(30)15-28-22(31)18-9-5-6-10-19(18)23(28)32/h2-10,16H,11-15H2,1H3. The summed E-state index contributed by atoms with van der Waals surface area (Å²) < 4.78 is 2.96. The first-order chi connectivity index (χ1) is 16.0. The molecule has 9 heteroatoms. The van der Waals surface area contributed by atoms with Gasteiger partial charge in [-0.3, -0.25) is 19.3 Å². The summed E-state index contributed by atoms with van der Waals surface area (Å²) in [4.78, 5) is 53.4. The molecule has 3 heterocycles. The van der Waals surface area contributed by atoms with Crippen LogP contribution in [-0.4, -0.2) is 61.5 Å². The van der Waals surface area contributed by atoms with E-state index in [1.54, 1.807) is 40.8 Å². The minimum atomic E-state index is -0.431. The average Bonchev–Trinajstić information content (AvgIpc) is 3.28. The van der Waals surface area contributed by atoms with Crippen molar-refractivity contribution in [3.8, 4) is 5.69 Å². The summed E-state index contributed by atoms with van der Waals surface area (Å²) in [7, 11) is 1.63. The number of rotatable bonds is 4. The molecule has 0 unspecified atom stereocenters. The van der Waals surface area contributed by atoms with Gasteiger partial charge in [0.1, 0.15) is 12.4 Å². The Morgan fingerprint density at radius 1 is 0.909 bits per heavy atom. The first-order valence-corrected chi connectivity index (χ1v) is 10.9. The van der Waals surface area contributed by atoms with Crippen LogP contribution in [0.2, 0.25) is 0 Å². The summed E-state index contributed by atoms with van der Waals surface area (Å²) in [6, 6.07) is 16.0. The van der Waals surface area contributed by atoms with Gasteiger partial charge in [-0.05, 0) is 37.1 Å². The topological polar surface area (TPSA) is 97.5 Å². The van der Waals surface area contributed by atoms with E-state index in [9.17, 15) is 19.2 Å². The summed E-state index contributed by atoms with van der Waals surface area (Å²) in [5.74, 6) is -0.425. The maximum Gasteiger partial charge on any atom is 0.350 e. The molecule has 1 aromatic heterocycles. The fourth-order valence-corrected chi connectivity index (χ4v) is 4.57. The molecule has 3 aromatic rings. The Hall–Kier alpha value is -4.01. The highest BCUT2D eigenvalue weighted by molar-refractivity contribution is 6.22. The number of hydrogen-bond acceptors (Lipinski definition) is 5. The quantitative estimate of drug-likeness (QED) is 0.568. The number of nitrogens with zero attached hydrogens (tertiary/aromatic N) is 5. The molecule has 9 nitrogen and oxygen atoms in total. The van der Waals surface area contributed by atoms with Crippen LogP contribution in [0.1, 0.15) is 45.3 Å². The molecule has 1 fully saturated rings. The molecule has 5 rings (SSSR count). The highest BCUT2D eigenvalue weighted by atomic mass is 16.2. The maximum atomic E-state index is 12.9. The number of imide groups is 1. The molecular weight excluding hydrogens is 422 g/mol. The second-order valence-corrected chi connectivity index (χ2v) is 8.33. The van der Waals surface area contributed by atoms with Gasteiger partial charge in [-0.2, -0.15) is 5.10 Å². The molecule has 0 spiro atoms. The molecule has 0 bridgehead atoms. The van der Waals surface area contributed by atoms with Crippen molar-refractivity contribution < 1.29 is 14.4 Å². The Kier molecular flexibility index (Phi) is 5.16. The third-order valence-corrected chi connectivity index (χ3v) is 6.35. The van der Waals surface area contributed by atoms with Crippen molar-refractivity contribution in [3.63, 3.8) is 0 Å². The van der Waals surface area contributed by atoms with Crippen molar-refractivity contribution in [2.45, 2.75) is 18.8 Å². The predicted molar refractivity (Wildman–Crippen MR) is 119 cm³/mol. The number of carbonyl (C=O) groups excluding carboxylic acids is 3. The second kappa shape index (κ2) is 8.16. The molecule has 2 aromatic carbocycles. The van der Waals surface area contributed by atoms with Gasteiger partial charge in [-0.1, -0.05) is 30.3 Å². The van der Waals surface area contributed by atoms with E-state index in [0.29, 0.717) is 42.9 Å². The van der Waals surface area contributed by atoms with Crippen LogP contribution in [0, 0.1) is 0 Å². The minimum Gasteiger partial charge on any atom is -0.341 e. The van der Waals surface area contributed by atoms with Crippen LogP contribution < -0.4 is 5.69 Å². The lowest BCUT2D eigenvalue weighted by Crippen LogP contribution is -2.45. The van der Waals surface area contributed by atoms with Crippen LogP contribution in [0.4, 0.5) is 0 Å². The van der Waals surface area contributed by atoms with Gasteiger partial charge in [0.2, 0.25) is 5.91 Å². The number of aromatic nitrogens is 3. The zero-order valence-electron chi connectivity index (χ0n) is 18.2. The van der Waals surface area contributed by atoms with E-state index in [0.717, 1.165) is 10.6 Å². The van der Waals surface area contributed by atoms with E-state index in [1.165, 1.54) is 4.68 Å². The number of hydrogen-bond donors (Lipinski definition) is 0. The molecule has 0 aliphatic carbocycles. The zero-order valence-corrected chi connectivity index (χ0v) is 18.2. The van der Waals surface area contributed by atoms with Gasteiger partial charge in [-0.25, -0.2) is 14.0 Å². The fraction of sp³-hybridized carbons (Fsp3) is 0.292. The lowest BCUT2D eigenvalue weighted by Gasteiger charge is -2.32. The lowest BCUT2D eigenvalue weighted by molar-refractivity contribution is -0.132. The van der Waals surface area contributed by atoms with Crippen molar-refractivity contribution in [1.82, 2.24) is 24.1 Å². The molecule has 1 saturated heterocycles. The van der Waals surface area contributed by atoms with Crippen molar-refractivity contribution in [2.75, 3.05) is 19.6 Å². The first kappa shape index (κ1) is 20.9. The molecule has 0 saturated carbocycles. The Morgan fingerprint density at radius 2 is 1.48 bits per heavy atom.